The van der Waals surface area contributed by atoms with E-state index in [9.17, 15) is 0 Å². The van der Waals surface area contributed by atoms with Crippen LogP contribution in [0.5, 0.6) is 0 Å². The summed E-state index contributed by atoms with van der Waals surface area (Å²) in [6.07, 6.45) is 13.0. The van der Waals surface area contributed by atoms with Crippen LogP contribution in [0.15, 0.2) is 18.6 Å². The standard InChI is InChI=1S/C17H25N7/c18-7-2-8-19-16-15(12-5-6-12)10-20-17(23-16)22-13-9-21-24(11-13)14-3-1-4-14/h9-12,14H,1-8,18H2,(H2,19,20,22,23). The van der Waals surface area contributed by atoms with Gasteiger partial charge in [-0.3, -0.25) is 4.68 Å². The summed E-state index contributed by atoms with van der Waals surface area (Å²) < 4.78 is 2.05. The minimum absolute atomic E-state index is 0.562. The first-order valence-electron chi connectivity index (χ1n) is 8.95. The largest absolute Gasteiger partial charge is 0.370 e. The first-order chi connectivity index (χ1) is 11.8. The highest BCUT2D eigenvalue weighted by Crippen LogP contribution is 2.42. The SMILES string of the molecule is NCCCNc1nc(Nc2cnn(C3CCC3)c2)ncc1C1CC1. The summed E-state index contributed by atoms with van der Waals surface area (Å²) in [4.78, 5) is 9.17. The van der Waals surface area contributed by atoms with Gasteiger partial charge in [0.1, 0.15) is 5.82 Å². The molecule has 0 amide bonds. The lowest BCUT2D eigenvalue weighted by atomic mass is 9.93. The molecule has 4 rings (SSSR count). The first-order valence-corrected chi connectivity index (χ1v) is 8.95. The molecule has 2 fully saturated rings. The van der Waals surface area contributed by atoms with Crippen LogP contribution < -0.4 is 16.4 Å². The van der Waals surface area contributed by atoms with Crippen LogP contribution in [0.25, 0.3) is 0 Å². The van der Waals surface area contributed by atoms with E-state index in [1.54, 1.807) is 0 Å². The van der Waals surface area contributed by atoms with Crippen LogP contribution >= 0.6 is 0 Å². The van der Waals surface area contributed by atoms with E-state index in [1.807, 2.05) is 23.3 Å². The van der Waals surface area contributed by atoms with E-state index in [2.05, 4.69) is 25.7 Å². The van der Waals surface area contributed by atoms with Gasteiger partial charge in [0.15, 0.2) is 0 Å². The average Bonchev–Trinajstić information content (AvgIpc) is 3.28. The molecular formula is C17H25N7. The van der Waals surface area contributed by atoms with Crippen LogP contribution in [0, 0.1) is 0 Å². The Labute approximate surface area is 142 Å². The molecule has 2 heterocycles. The van der Waals surface area contributed by atoms with Crippen molar-refractivity contribution in [2.24, 2.45) is 5.73 Å². The van der Waals surface area contributed by atoms with E-state index >= 15 is 0 Å². The number of hydrogen-bond acceptors (Lipinski definition) is 6. The Hall–Kier alpha value is -2.15. The van der Waals surface area contributed by atoms with Gasteiger partial charge in [-0.15, -0.1) is 0 Å². The van der Waals surface area contributed by atoms with Gasteiger partial charge in [0, 0.05) is 24.5 Å². The van der Waals surface area contributed by atoms with Gasteiger partial charge in [-0.1, -0.05) is 0 Å². The molecule has 24 heavy (non-hydrogen) atoms. The smallest absolute Gasteiger partial charge is 0.229 e. The van der Waals surface area contributed by atoms with Gasteiger partial charge in [0.2, 0.25) is 5.95 Å². The van der Waals surface area contributed by atoms with Crippen LogP contribution in [0.2, 0.25) is 0 Å². The highest BCUT2D eigenvalue weighted by molar-refractivity contribution is 5.56. The Morgan fingerprint density at radius 3 is 2.79 bits per heavy atom. The third kappa shape index (κ3) is 3.36. The highest BCUT2D eigenvalue weighted by atomic mass is 15.3. The number of aromatic nitrogens is 4. The van der Waals surface area contributed by atoms with Crippen molar-refractivity contribution >= 4 is 17.5 Å². The molecule has 0 aromatic carbocycles. The Balaban J connectivity index is 1.47. The number of nitrogens with one attached hydrogen (secondary N) is 2. The molecular weight excluding hydrogens is 302 g/mol. The maximum atomic E-state index is 5.58. The van der Waals surface area contributed by atoms with Gasteiger partial charge in [0.25, 0.3) is 0 Å². The number of rotatable bonds is 8. The van der Waals surface area contributed by atoms with Crippen LogP contribution in [0.1, 0.15) is 56.0 Å². The molecule has 0 spiro atoms. The van der Waals surface area contributed by atoms with E-state index in [0.717, 1.165) is 24.5 Å². The third-order valence-electron chi connectivity index (χ3n) is 4.81. The molecule has 2 aromatic heterocycles. The maximum Gasteiger partial charge on any atom is 0.229 e. The predicted octanol–water partition coefficient (Wildman–Crippen LogP) is 2.78. The molecule has 0 bridgehead atoms. The van der Waals surface area contributed by atoms with Crippen LogP contribution in [0.4, 0.5) is 17.5 Å². The van der Waals surface area contributed by atoms with Crippen LogP contribution in [-0.4, -0.2) is 32.8 Å². The summed E-state index contributed by atoms with van der Waals surface area (Å²) in [5.74, 6) is 2.17. The molecule has 0 aliphatic heterocycles. The molecule has 7 nitrogen and oxygen atoms in total. The molecule has 7 heteroatoms. The van der Waals surface area contributed by atoms with Gasteiger partial charge in [-0.05, 0) is 51.0 Å². The lowest BCUT2D eigenvalue weighted by Crippen LogP contribution is -2.17. The monoisotopic (exact) mass is 327 g/mol. The van der Waals surface area contributed by atoms with Crippen molar-refractivity contribution in [1.82, 2.24) is 19.7 Å². The molecule has 0 radical (unpaired) electrons. The minimum Gasteiger partial charge on any atom is -0.370 e. The van der Waals surface area contributed by atoms with Gasteiger partial charge in [0.05, 0.1) is 17.9 Å². The third-order valence-corrected chi connectivity index (χ3v) is 4.81. The fourth-order valence-electron chi connectivity index (χ4n) is 2.98. The van der Waals surface area contributed by atoms with Gasteiger partial charge < -0.3 is 16.4 Å². The maximum absolute atomic E-state index is 5.58. The lowest BCUT2D eigenvalue weighted by Gasteiger charge is -2.25. The number of anilines is 3. The van der Waals surface area contributed by atoms with Crippen molar-refractivity contribution in [1.29, 1.82) is 0 Å². The Bertz CT molecular complexity index is 688. The fourth-order valence-corrected chi connectivity index (χ4v) is 2.98. The van der Waals surface area contributed by atoms with Crippen molar-refractivity contribution in [2.45, 2.75) is 50.5 Å². The Morgan fingerprint density at radius 2 is 2.08 bits per heavy atom. The normalized spacial score (nSPS) is 17.5. The first kappa shape index (κ1) is 15.4. The van der Waals surface area contributed by atoms with Crippen molar-refractivity contribution in [2.75, 3.05) is 23.7 Å². The Kier molecular flexibility index (Phi) is 4.34. The molecule has 4 N–H and O–H groups in total. The van der Waals surface area contributed by atoms with E-state index in [4.69, 9.17) is 5.73 Å². The zero-order valence-corrected chi connectivity index (χ0v) is 13.9. The summed E-state index contributed by atoms with van der Waals surface area (Å²) in [7, 11) is 0. The van der Waals surface area contributed by atoms with Crippen molar-refractivity contribution < 1.29 is 0 Å². The molecule has 2 aliphatic rings. The second-order valence-electron chi connectivity index (χ2n) is 6.76. The molecule has 2 saturated carbocycles. The summed E-state index contributed by atoms with van der Waals surface area (Å²) >= 11 is 0. The molecule has 2 aliphatic carbocycles. The van der Waals surface area contributed by atoms with E-state index in [1.165, 1.54) is 37.7 Å². The second-order valence-corrected chi connectivity index (χ2v) is 6.76. The number of nitrogens with two attached hydrogens (primary N) is 1. The Morgan fingerprint density at radius 1 is 1.21 bits per heavy atom. The highest BCUT2D eigenvalue weighted by Gasteiger charge is 2.27. The van der Waals surface area contributed by atoms with E-state index in [-0.39, 0.29) is 0 Å². The minimum atomic E-state index is 0.562. The van der Waals surface area contributed by atoms with E-state index in [0.29, 0.717) is 24.5 Å². The molecule has 2 aromatic rings. The average molecular weight is 327 g/mol. The van der Waals surface area contributed by atoms with Crippen molar-refractivity contribution in [3.8, 4) is 0 Å². The van der Waals surface area contributed by atoms with Gasteiger partial charge in [-0.2, -0.15) is 10.1 Å². The summed E-state index contributed by atoms with van der Waals surface area (Å²) in [6.45, 7) is 1.52. The van der Waals surface area contributed by atoms with Crippen LogP contribution in [0.3, 0.4) is 0 Å². The topological polar surface area (TPSA) is 93.7 Å². The zero-order valence-electron chi connectivity index (χ0n) is 13.9. The van der Waals surface area contributed by atoms with E-state index < -0.39 is 0 Å². The van der Waals surface area contributed by atoms with Gasteiger partial charge >= 0.3 is 0 Å². The quantitative estimate of drug-likeness (QED) is 0.646. The lowest BCUT2D eigenvalue weighted by molar-refractivity contribution is 0.289. The number of hydrogen-bond donors (Lipinski definition) is 3. The van der Waals surface area contributed by atoms with Crippen molar-refractivity contribution in [3.63, 3.8) is 0 Å². The predicted molar refractivity (Wildman–Crippen MR) is 94.6 cm³/mol. The molecule has 0 unspecified atom stereocenters. The van der Waals surface area contributed by atoms with Gasteiger partial charge in [-0.25, -0.2) is 4.98 Å². The summed E-state index contributed by atoms with van der Waals surface area (Å²) in [6, 6.07) is 0.562. The fraction of sp³-hybridized carbons (Fsp3) is 0.588. The summed E-state index contributed by atoms with van der Waals surface area (Å²) in [5.41, 5.74) is 7.75. The molecule has 0 atom stereocenters. The number of nitrogens with zero attached hydrogens (tertiary/aromatic N) is 4. The zero-order chi connectivity index (χ0) is 16.4. The molecule has 0 saturated heterocycles. The second kappa shape index (κ2) is 6.76. The van der Waals surface area contributed by atoms with Crippen molar-refractivity contribution in [3.05, 3.63) is 24.2 Å². The summed E-state index contributed by atoms with van der Waals surface area (Å²) in [5, 5.41) is 11.1. The van der Waals surface area contributed by atoms with Crippen LogP contribution in [-0.2, 0) is 0 Å². The molecule has 128 valence electrons.